The Hall–Kier alpha value is -4.40. The van der Waals surface area contributed by atoms with Crippen molar-refractivity contribution >= 4 is 17.7 Å². The summed E-state index contributed by atoms with van der Waals surface area (Å²) in [6, 6.07) is 20.6. The smallest absolute Gasteiger partial charge is 0.408 e. The molecule has 0 saturated carbocycles. The highest BCUT2D eigenvalue weighted by atomic mass is 16.6. The van der Waals surface area contributed by atoms with Gasteiger partial charge in [0.1, 0.15) is 19.3 Å². The fourth-order valence-electron chi connectivity index (χ4n) is 3.01. The third-order valence-corrected chi connectivity index (χ3v) is 4.69. The van der Waals surface area contributed by atoms with Gasteiger partial charge in [-0.25, -0.2) is 9.59 Å². The molecular weight excluding hydrogens is 428 g/mol. The molecule has 0 spiro atoms. The van der Waals surface area contributed by atoms with Crippen LogP contribution in [0.2, 0.25) is 0 Å². The molecule has 3 aromatic rings. The molecule has 0 heterocycles. The van der Waals surface area contributed by atoms with Crippen molar-refractivity contribution in [2.24, 2.45) is 0 Å². The maximum atomic E-state index is 12.7. The van der Waals surface area contributed by atoms with Gasteiger partial charge in [0, 0.05) is 12.5 Å². The first kappa shape index (κ1) is 23.3. The molecule has 0 saturated heterocycles. The van der Waals surface area contributed by atoms with Crippen molar-refractivity contribution in [2.75, 3.05) is 0 Å². The fraction of sp³-hybridized carbons (Fsp3) is 0.167. The van der Waals surface area contributed by atoms with E-state index in [1.807, 2.05) is 12.1 Å². The van der Waals surface area contributed by atoms with E-state index in [0.717, 1.165) is 23.3 Å². The van der Waals surface area contributed by atoms with Crippen molar-refractivity contribution in [1.82, 2.24) is 5.32 Å². The lowest BCUT2D eigenvalue weighted by Gasteiger charge is -2.18. The van der Waals surface area contributed by atoms with Crippen LogP contribution in [0.25, 0.3) is 0 Å². The number of carbonyl (C=O) groups excluding carboxylic acids is 2. The first-order valence-electron chi connectivity index (χ1n) is 10.1. The third kappa shape index (κ3) is 7.06. The van der Waals surface area contributed by atoms with E-state index in [-0.39, 0.29) is 19.6 Å². The number of nitrogens with one attached hydrogen (secondary N) is 1. The lowest BCUT2D eigenvalue weighted by atomic mass is 10.0. The molecule has 3 rings (SSSR count). The van der Waals surface area contributed by atoms with Crippen LogP contribution < -0.4 is 5.32 Å². The summed E-state index contributed by atoms with van der Waals surface area (Å²) in [6.45, 7) is -0.00419. The zero-order chi connectivity index (χ0) is 23.6. The van der Waals surface area contributed by atoms with Gasteiger partial charge in [0.15, 0.2) is 5.75 Å². The Kier molecular flexibility index (Phi) is 7.96. The van der Waals surface area contributed by atoms with Crippen molar-refractivity contribution in [2.45, 2.75) is 25.7 Å². The molecule has 1 atom stereocenters. The minimum absolute atomic E-state index is 0.00311. The fourth-order valence-corrected chi connectivity index (χ4v) is 3.01. The van der Waals surface area contributed by atoms with Gasteiger partial charge in [-0.15, -0.1) is 0 Å². The molecule has 0 aliphatic heterocycles. The van der Waals surface area contributed by atoms with Crippen molar-refractivity contribution in [3.8, 4) is 5.75 Å². The van der Waals surface area contributed by atoms with E-state index >= 15 is 0 Å². The second-order valence-corrected chi connectivity index (χ2v) is 7.14. The Morgan fingerprint density at radius 2 is 1.45 bits per heavy atom. The summed E-state index contributed by atoms with van der Waals surface area (Å²) < 4.78 is 10.5. The summed E-state index contributed by atoms with van der Waals surface area (Å²) in [7, 11) is 0. The summed E-state index contributed by atoms with van der Waals surface area (Å²) in [5.74, 6) is -1.23. The molecule has 2 N–H and O–H groups in total. The third-order valence-electron chi connectivity index (χ3n) is 4.69. The minimum atomic E-state index is -1.17. The molecule has 0 bridgehead atoms. The molecule has 0 aromatic heterocycles. The number of nitro benzene ring substituents is 1. The summed E-state index contributed by atoms with van der Waals surface area (Å²) in [5, 5.41) is 23.2. The quantitative estimate of drug-likeness (QED) is 0.288. The molecular formula is C24H22N2O7. The van der Waals surface area contributed by atoms with Gasteiger partial charge in [-0.1, -0.05) is 66.7 Å². The van der Waals surface area contributed by atoms with E-state index in [0.29, 0.717) is 5.56 Å². The first-order chi connectivity index (χ1) is 15.9. The number of carbonyl (C=O) groups is 2. The number of amides is 1. The number of rotatable bonds is 9. The average Bonchev–Trinajstić information content (AvgIpc) is 2.83. The number of nitrogens with zero attached hydrogens (tertiary/aromatic N) is 1. The van der Waals surface area contributed by atoms with Crippen LogP contribution in [0, 0.1) is 10.1 Å². The molecule has 0 unspecified atom stereocenters. The van der Waals surface area contributed by atoms with E-state index < -0.39 is 34.5 Å². The summed E-state index contributed by atoms with van der Waals surface area (Å²) >= 11 is 0. The predicted molar refractivity (Wildman–Crippen MR) is 118 cm³/mol. The maximum Gasteiger partial charge on any atom is 0.408 e. The predicted octanol–water partition coefficient (Wildman–Crippen LogP) is 3.88. The van der Waals surface area contributed by atoms with E-state index in [2.05, 4.69) is 5.32 Å². The van der Waals surface area contributed by atoms with Gasteiger partial charge in [-0.3, -0.25) is 10.1 Å². The molecule has 0 aliphatic carbocycles. The molecule has 0 fully saturated rings. The number of phenols is 1. The first-order valence-corrected chi connectivity index (χ1v) is 10.1. The lowest BCUT2D eigenvalue weighted by Crippen LogP contribution is -2.43. The highest BCUT2D eigenvalue weighted by Crippen LogP contribution is 2.27. The van der Waals surface area contributed by atoms with E-state index in [1.54, 1.807) is 48.5 Å². The van der Waals surface area contributed by atoms with Crippen LogP contribution in [-0.4, -0.2) is 28.1 Å². The van der Waals surface area contributed by atoms with Gasteiger partial charge in [0.2, 0.25) is 0 Å². The Morgan fingerprint density at radius 3 is 2.03 bits per heavy atom. The van der Waals surface area contributed by atoms with E-state index in [9.17, 15) is 24.8 Å². The summed E-state index contributed by atoms with van der Waals surface area (Å²) in [6.07, 6.45) is -0.941. The topological polar surface area (TPSA) is 128 Å². The Morgan fingerprint density at radius 1 is 0.879 bits per heavy atom. The number of ether oxygens (including phenoxy) is 2. The van der Waals surface area contributed by atoms with Crippen LogP contribution in [-0.2, 0) is 33.9 Å². The number of alkyl carbamates (subject to hydrolysis) is 1. The standard InChI is InChI=1S/C24H22N2O7/c27-22-12-11-19(14-21(22)26(30)31)13-20(23(28)32-15-17-7-3-1-4-8-17)25-24(29)33-16-18-9-5-2-6-10-18/h1-12,14,20,27H,13,15-16H2,(H,25,29)/t20-/m0/s1. The van der Waals surface area contributed by atoms with Crippen molar-refractivity contribution in [1.29, 1.82) is 0 Å². The highest BCUT2D eigenvalue weighted by Gasteiger charge is 2.25. The number of hydrogen-bond donors (Lipinski definition) is 2. The van der Waals surface area contributed by atoms with Gasteiger partial charge in [0.05, 0.1) is 4.92 Å². The molecule has 1 amide bonds. The molecule has 9 nitrogen and oxygen atoms in total. The van der Waals surface area contributed by atoms with E-state index in [4.69, 9.17) is 9.47 Å². The van der Waals surface area contributed by atoms with Crippen LogP contribution in [0.5, 0.6) is 5.75 Å². The van der Waals surface area contributed by atoms with Gasteiger partial charge < -0.3 is 19.9 Å². The molecule has 9 heteroatoms. The largest absolute Gasteiger partial charge is 0.502 e. The van der Waals surface area contributed by atoms with Gasteiger partial charge in [-0.2, -0.15) is 0 Å². The van der Waals surface area contributed by atoms with Crippen molar-refractivity contribution in [3.63, 3.8) is 0 Å². The lowest BCUT2D eigenvalue weighted by molar-refractivity contribution is -0.385. The van der Waals surface area contributed by atoms with Gasteiger partial charge >= 0.3 is 17.7 Å². The number of aromatic hydroxyl groups is 1. The van der Waals surface area contributed by atoms with Crippen LogP contribution in [0.3, 0.4) is 0 Å². The van der Waals surface area contributed by atoms with Crippen LogP contribution in [0.4, 0.5) is 10.5 Å². The van der Waals surface area contributed by atoms with Crippen molar-refractivity contribution in [3.05, 3.63) is 106 Å². The molecule has 0 aliphatic rings. The molecule has 0 radical (unpaired) electrons. The van der Waals surface area contributed by atoms with E-state index in [1.165, 1.54) is 6.07 Å². The monoisotopic (exact) mass is 450 g/mol. The SMILES string of the molecule is O=C(N[C@@H](Cc1ccc(O)c([N+](=O)[O-])c1)C(=O)OCc1ccccc1)OCc1ccccc1. The summed E-state index contributed by atoms with van der Waals surface area (Å²) in [5.41, 5.74) is 1.38. The Labute approximate surface area is 189 Å². The van der Waals surface area contributed by atoms with Gasteiger partial charge in [0.25, 0.3) is 0 Å². The Bertz CT molecular complexity index is 1100. The number of benzene rings is 3. The number of esters is 1. The minimum Gasteiger partial charge on any atom is -0.502 e. The van der Waals surface area contributed by atoms with Crippen molar-refractivity contribution < 1.29 is 29.1 Å². The van der Waals surface area contributed by atoms with Gasteiger partial charge in [-0.05, 0) is 22.8 Å². The molecule has 3 aromatic carbocycles. The maximum absolute atomic E-state index is 12.7. The van der Waals surface area contributed by atoms with Crippen LogP contribution in [0.15, 0.2) is 78.9 Å². The Balaban J connectivity index is 1.70. The summed E-state index contributed by atoms with van der Waals surface area (Å²) in [4.78, 5) is 35.5. The highest BCUT2D eigenvalue weighted by molar-refractivity contribution is 5.81. The zero-order valence-corrected chi connectivity index (χ0v) is 17.5. The van der Waals surface area contributed by atoms with Crippen LogP contribution >= 0.6 is 0 Å². The number of hydrogen-bond acceptors (Lipinski definition) is 7. The molecule has 33 heavy (non-hydrogen) atoms. The normalized spacial score (nSPS) is 11.3. The van der Waals surface area contributed by atoms with Crippen LogP contribution in [0.1, 0.15) is 16.7 Å². The number of nitro groups is 1. The molecule has 170 valence electrons. The average molecular weight is 450 g/mol. The second-order valence-electron chi connectivity index (χ2n) is 7.14. The number of phenolic OH excluding ortho intramolecular Hbond substituents is 1. The zero-order valence-electron chi connectivity index (χ0n) is 17.5. The second kappa shape index (κ2) is 11.3.